The van der Waals surface area contributed by atoms with Crippen molar-refractivity contribution in [2.24, 2.45) is 0 Å². The number of carbonyl (C=O) groups is 1. The molecule has 0 N–H and O–H groups in total. The molecule has 0 aliphatic rings. The van der Waals surface area contributed by atoms with Crippen LogP contribution in [0.4, 0.5) is 4.39 Å². The van der Waals surface area contributed by atoms with Gasteiger partial charge in [0.1, 0.15) is 11.6 Å². The number of rotatable bonds is 3. The highest BCUT2D eigenvalue weighted by Crippen LogP contribution is 2.21. The fourth-order valence-corrected chi connectivity index (χ4v) is 1.09. The van der Waals surface area contributed by atoms with E-state index in [2.05, 4.69) is 0 Å². The Balaban J connectivity index is 3.12. The van der Waals surface area contributed by atoms with Crippen molar-refractivity contribution in [1.82, 2.24) is 0 Å². The highest BCUT2D eigenvalue weighted by atomic mass is 19.1. The Morgan fingerprint density at radius 2 is 2.23 bits per heavy atom. The van der Waals surface area contributed by atoms with Gasteiger partial charge in [0.25, 0.3) is 0 Å². The second-order valence-corrected chi connectivity index (χ2v) is 2.69. The quantitative estimate of drug-likeness (QED) is 0.670. The van der Waals surface area contributed by atoms with Gasteiger partial charge in [-0.25, -0.2) is 4.39 Å². The van der Waals surface area contributed by atoms with E-state index in [-0.39, 0.29) is 5.56 Å². The van der Waals surface area contributed by atoms with E-state index in [1.807, 2.05) is 6.92 Å². The van der Waals surface area contributed by atoms with Gasteiger partial charge < -0.3 is 4.74 Å². The molecule has 0 unspecified atom stereocenters. The number of halogens is 1. The van der Waals surface area contributed by atoms with Gasteiger partial charge in [-0.1, -0.05) is 0 Å². The summed E-state index contributed by atoms with van der Waals surface area (Å²) in [6, 6.07) is 2.72. The van der Waals surface area contributed by atoms with Gasteiger partial charge in [-0.15, -0.1) is 0 Å². The van der Waals surface area contributed by atoms with E-state index in [1.165, 1.54) is 12.1 Å². The van der Waals surface area contributed by atoms with Crippen molar-refractivity contribution in [2.75, 3.05) is 6.61 Å². The molecule has 0 aliphatic carbocycles. The van der Waals surface area contributed by atoms with Crippen LogP contribution in [0.5, 0.6) is 5.75 Å². The summed E-state index contributed by atoms with van der Waals surface area (Å²) in [7, 11) is 0. The Bertz CT molecular complexity index is 321. The highest BCUT2D eigenvalue weighted by Gasteiger charge is 2.06. The fraction of sp³-hybridized carbons (Fsp3) is 0.300. The molecule has 0 saturated carbocycles. The first-order chi connectivity index (χ1) is 6.19. The number of hydrogen-bond donors (Lipinski definition) is 0. The number of carbonyl (C=O) groups excluding carboxylic acids is 1. The summed E-state index contributed by atoms with van der Waals surface area (Å²) in [5, 5.41) is 0. The molecule has 70 valence electrons. The van der Waals surface area contributed by atoms with Gasteiger partial charge in [0.2, 0.25) is 0 Å². The molecule has 3 heteroatoms. The van der Waals surface area contributed by atoms with Crippen molar-refractivity contribution in [3.8, 4) is 5.75 Å². The molecule has 0 saturated heterocycles. The number of hydrogen-bond acceptors (Lipinski definition) is 2. The lowest BCUT2D eigenvalue weighted by atomic mass is 10.1. The predicted octanol–water partition coefficient (Wildman–Crippen LogP) is 2.35. The van der Waals surface area contributed by atoms with Crippen molar-refractivity contribution in [3.63, 3.8) is 0 Å². The zero-order valence-electron chi connectivity index (χ0n) is 7.63. The van der Waals surface area contributed by atoms with Gasteiger partial charge in [0.05, 0.1) is 12.2 Å². The molecule has 0 aromatic heterocycles. The van der Waals surface area contributed by atoms with E-state index >= 15 is 0 Å². The van der Waals surface area contributed by atoms with Crippen LogP contribution < -0.4 is 4.74 Å². The number of aryl methyl sites for hydroxylation is 1. The lowest BCUT2D eigenvalue weighted by Gasteiger charge is -2.07. The molecule has 0 aliphatic heterocycles. The molecule has 0 amide bonds. The summed E-state index contributed by atoms with van der Waals surface area (Å²) < 4.78 is 18.2. The lowest BCUT2D eigenvalue weighted by molar-refractivity contribution is 0.111. The molecular weight excluding hydrogens is 171 g/mol. The summed E-state index contributed by atoms with van der Waals surface area (Å²) in [4.78, 5) is 10.4. The minimum atomic E-state index is -0.538. The first-order valence-electron chi connectivity index (χ1n) is 4.07. The third-order valence-electron chi connectivity index (χ3n) is 1.72. The van der Waals surface area contributed by atoms with E-state index in [1.54, 1.807) is 6.92 Å². The van der Waals surface area contributed by atoms with E-state index in [9.17, 15) is 9.18 Å². The first kappa shape index (κ1) is 9.71. The number of aldehydes is 1. The molecule has 0 fully saturated rings. The molecule has 0 atom stereocenters. The van der Waals surface area contributed by atoms with Gasteiger partial charge in [0.15, 0.2) is 6.29 Å². The van der Waals surface area contributed by atoms with Crippen molar-refractivity contribution in [2.45, 2.75) is 13.8 Å². The normalized spacial score (nSPS) is 9.77. The van der Waals surface area contributed by atoms with Crippen LogP contribution in [0.3, 0.4) is 0 Å². The Kier molecular flexibility index (Phi) is 3.01. The summed E-state index contributed by atoms with van der Waals surface area (Å²) in [6.45, 7) is 4.09. The predicted molar refractivity (Wildman–Crippen MR) is 47.7 cm³/mol. The van der Waals surface area contributed by atoms with Crippen molar-refractivity contribution in [1.29, 1.82) is 0 Å². The smallest absolute Gasteiger partial charge is 0.153 e. The fourth-order valence-electron chi connectivity index (χ4n) is 1.09. The molecule has 0 spiro atoms. The minimum Gasteiger partial charge on any atom is -0.493 e. The van der Waals surface area contributed by atoms with E-state index < -0.39 is 5.82 Å². The van der Waals surface area contributed by atoms with Gasteiger partial charge in [-0.2, -0.15) is 0 Å². The maximum absolute atomic E-state index is 13.0. The Labute approximate surface area is 76.3 Å². The largest absolute Gasteiger partial charge is 0.493 e. The average molecular weight is 182 g/mol. The van der Waals surface area contributed by atoms with Crippen LogP contribution in [0.25, 0.3) is 0 Å². The lowest BCUT2D eigenvalue weighted by Crippen LogP contribution is -1.97. The van der Waals surface area contributed by atoms with Gasteiger partial charge in [0, 0.05) is 6.07 Å². The van der Waals surface area contributed by atoms with Crippen LogP contribution in [0.2, 0.25) is 0 Å². The van der Waals surface area contributed by atoms with E-state index in [0.717, 1.165) is 5.56 Å². The van der Waals surface area contributed by atoms with Crippen LogP contribution in [-0.2, 0) is 0 Å². The van der Waals surface area contributed by atoms with Crippen LogP contribution in [-0.4, -0.2) is 12.9 Å². The van der Waals surface area contributed by atoms with Gasteiger partial charge in [-0.3, -0.25) is 4.79 Å². The van der Waals surface area contributed by atoms with Crippen molar-refractivity contribution < 1.29 is 13.9 Å². The summed E-state index contributed by atoms with van der Waals surface area (Å²) >= 11 is 0. The Morgan fingerprint density at radius 3 is 2.77 bits per heavy atom. The summed E-state index contributed by atoms with van der Waals surface area (Å²) in [6.07, 6.45) is 0.498. The van der Waals surface area contributed by atoms with Crippen molar-refractivity contribution >= 4 is 6.29 Å². The summed E-state index contributed by atoms with van der Waals surface area (Å²) in [5.74, 6) is -0.0466. The Hall–Kier alpha value is -1.38. The molecule has 1 rings (SSSR count). The second kappa shape index (κ2) is 4.03. The molecule has 1 aromatic carbocycles. The SMILES string of the molecule is CCOc1cc(F)c(C=O)cc1C. The third-order valence-corrected chi connectivity index (χ3v) is 1.72. The Morgan fingerprint density at radius 1 is 1.54 bits per heavy atom. The zero-order valence-corrected chi connectivity index (χ0v) is 7.63. The minimum absolute atomic E-state index is 0.0703. The third kappa shape index (κ3) is 2.05. The zero-order chi connectivity index (χ0) is 9.84. The first-order valence-corrected chi connectivity index (χ1v) is 4.07. The molecule has 13 heavy (non-hydrogen) atoms. The maximum atomic E-state index is 13.0. The number of ether oxygens (including phenoxy) is 1. The van der Waals surface area contributed by atoms with Crippen LogP contribution in [0.1, 0.15) is 22.8 Å². The topological polar surface area (TPSA) is 26.3 Å². The van der Waals surface area contributed by atoms with E-state index in [0.29, 0.717) is 18.6 Å². The summed E-state index contributed by atoms with van der Waals surface area (Å²) in [5.41, 5.74) is 0.839. The average Bonchev–Trinajstić information content (AvgIpc) is 2.11. The molecule has 0 heterocycles. The van der Waals surface area contributed by atoms with Crippen LogP contribution in [0.15, 0.2) is 12.1 Å². The van der Waals surface area contributed by atoms with E-state index in [4.69, 9.17) is 4.74 Å². The van der Waals surface area contributed by atoms with Crippen LogP contribution >= 0.6 is 0 Å². The molecule has 0 bridgehead atoms. The molecular formula is C10H11FO2. The molecule has 1 aromatic rings. The molecule has 2 nitrogen and oxygen atoms in total. The monoisotopic (exact) mass is 182 g/mol. The molecule has 0 radical (unpaired) electrons. The standard InChI is InChI=1S/C10H11FO2/c1-3-13-10-5-9(11)8(6-12)4-7(10)2/h4-6H,3H2,1-2H3. The highest BCUT2D eigenvalue weighted by molar-refractivity contribution is 5.76. The van der Waals surface area contributed by atoms with Crippen molar-refractivity contribution in [3.05, 3.63) is 29.1 Å². The van der Waals surface area contributed by atoms with Crippen LogP contribution in [0, 0.1) is 12.7 Å². The van der Waals surface area contributed by atoms with Gasteiger partial charge >= 0.3 is 0 Å². The maximum Gasteiger partial charge on any atom is 0.153 e. The van der Waals surface area contributed by atoms with Gasteiger partial charge in [-0.05, 0) is 25.5 Å². The number of benzene rings is 1. The second-order valence-electron chi connectivity index (χ2n) is 2.69.